The van der Waals surface area contributed by atoms with Crippen LogP contribution in [-0.2, 0) is 4.79 Å². The fraction of sp³-hybridized carbons (Fsp3) is 0.333. The molecule has 0 spiro atoms. The smallest absolute Gasteiger partial charge is 0.323 e. The number of hydrogen-bond acceptors (Lipinski definition) is 3. The molecule has 1 N–H and O–H groups in total. The molecule has 0 aliphatic heterocycles. The van der Waals surface area contributed by atoms with Crippen molar-refractivity contribution in [1.82, 2.24) is 4.90 Å². The third-order valence-electron chi connectivity index (χ3n) is 2.17. The van der Waals surface area contributed by atoms with Crippen LogP contribution >= 0.6 is 11.3 Å². The number of carbonyl (C=O) groups is 2. The Morgan fingerprint density at radius 3 is 2.59 bits per heavy atom. The molecule has 0 radical (unpaired) electrons. The van der Waals surface area contributed by atoms with Crippen LogP contribution in [0.25, 0.3) is 0 Å². The summed E-state index contributed by atoms with van der Waals surface area (Å²) in [6, 6.07) is 1.76. The van der Waals surface area contributed by atoms with Gasteiger partial charge in [0.1, 0.15) is 6.54 Å². The van der Waals surface area contributed by atoms with Gasteiger partial charge < -0.3 is 10.0 Å². The highest BCUT2D eigenvalue weighted by molar-refractivity contribution is 7.12. The van der Waals surface area contributed by atoms with E-state index in [4.69, 9.17) is 11.5 Å². The highest BCUT2D eigenvalue weighted by Crippen LogP contribution is 2.21. The van der Waals surface area contributed by atoms with Gasteiger partial charge in [0.25, 0.3) is 5.91 Å². The lowest BCUT2D eigenvalue weighted by molar-refractivity contribution is -0.137. The topological polar surface area (TPSA) is 57.6 Å². The minimum absolute atomic E-state index is 0.000528. The Balaban J connectivity index is 2.95. The monoisotopic (exact) mass is 251 g/mol. The Bertz CT molecular complexity index is 484. The van der Waals surface area contributed by atoms with Crippen LogP contribution in [0, 0.1) is 26.2 Å². The van der Waals surface area contributed by atoms with Crippen molar-refractivity contribution in [3.8, 4) is 12.3 Å². The number of aryl methyl sites for hydroxylation is 2. The molecule has 0 aromatic carbocycles. The van der Waals surface area contributed by atoms with Gasteiger partial charge in [0.15, 0.2) is 0 Å². The van der Waals surface area contributed by atoms with Crippen molar-refractivity contribution >= 4 is 23.2 Å². The average molecular weight is 251 g/mol. The summed E-state index contributed by atoms with van der Waals surface area (Å²) in [4.78, 5) is 25.8. The molecule has 0 fully saturated rings. The molecular formula is C12H13NO3S. The Morgan fingerprint density at radius 1 is 1.53 bits per heavy atom. The third kappa shape index (κ3) is 3.33. The molecule has 1 heterocycles. The SMILES string of the molecule is C#CCN(CC(=O)O)C(=O)c1cc(C)sc1C. The van der Waals surface area contributed by atoms with Gasteiger partial charge in [-0.1, -0.05) is 5.92 Å². The number of hydrogen-bond donors (Lipinski definition) is 1. The maximum absolute atomic E-state index is 12.1. The minimum Gasteiger partial charge on any atom is -0.480 e. The van der Waals surface area contributed by atoms with Crippen molar-refractivity contribution in [3.63, 3.8) is 0 Å². The first-order valence-corrected chi connectivity index (χ1v) is 5.79. The lowest BCUT2D eigenvalue weighted by Crippen LogP contribution is -2.36. The lowest BCUT2D eigenvalue weighted by atomic mass is 10.2. The zero-order chi connectivity index (χ0) is 13.0. The van der Waals surface area contributed by atoms with Gasteiger partial charge in [-0.3, -0.25) is 9.59 Å². The quantitative estimate of drug-likeness (QED) is 0.825. The van der Waals surface area contributed by atoms with Crippen molar-refractivity contribution in [3.05, 3.63) is 21.4 Å². The molecule has 1 rings (SSSR count). The summed E-state index contributed by atoms with van der Waals surface area (Å²) in [5.74, 6) is 0.897. The largest absolute Gasteiger partial charge is 0.480 e. The number of thiophene rings is 1. The molecular weight excluding hydrogens is 238 g/mol. The molecule has 0 saturated heterocycles. The van der Waals surface area contributed by atoms with Crippen LogP contribution in [0.3, 0.4) is 0 Å². The average Bonchev–Trinajstić information content (AvgIpc) is 2.55. The molecule has 0 unspecified atom stereocenters. The van der Waals surface area contributed by atoms with Crippen molar-refractivity contribution in [2.24, 2.45) is 0 Å². The first-order valence-electron chi connectivity index (χ1n) is 4.97. The maximum atomic E-state index is 12.1. The van der Waals surface area contributed by atoms with Crippen LogP contribution in [0.1, 0.15) is 20.1 Å². The van der Waals surface area contributed by atoms with E-state index in [-0.39, 0.29) is 19.0 Å². The number of carbonyl (C=O) groups excluding carboxylic acids is 1. The van der Waals surface area contributed by atoms with Crippen molar-refractivity contribution in [2.45, 2.75) is 13.8 Å². The van der Waals surface area contributed by atoms with E-state index in [0.717, 1.165) is 14.7 Å². The fourth-order valence-electron chi connectivity index (χ4n) is 1.49. The van der Waals surface area contributed by atoms with Crippen molar-refractivity contribution in [2.75, 3.05) is 13.1 Å². The molecule has 0 aliphatic rings. The zero-order valence-electron chi connectivity index (χ0n) is 9.69. The summed E-state index contributed by atoms with van der Waals surface area (Å²) >= 11 is 1.51. The van der Waals surface area contributed by atoms with Crippen LogP contribution in [0.2, 0.25) is 0 Å². The van der Waals surface area contributed by atoms with Gasteiger partial charge >= 0.3 is 5.97 Å². The second-order valence-electron chi connectivity index (χ2n) is 3.59. The van der Waals surface area contributed by atoms with Gasteiger partial charge in [0, 0.05) is 9.75 Å². The number of carboxylic acid groups (broad SMARTS) is 1. The van der Waals surface area contributed by atoms with E-state index in [2.05, 4.69) is 5.92 Å². The molecule has 0 bridgehead atoms. The third-order valence-corrected chi connectivity index (χ3v) is 3.13. The summed E-state index contributed by atoms with van der Waals surface area (Å²) in [6.07, 6.45) is 5.13. The molecule has 90 valence electrons. The van der Waals surface area contributed by atoms with Crippen LogP contribution < -0.4 is 0 Å². The minimum atomic E-state index is -1.07. The number of rotatable bonds is 4. The van der Waals surface area contributed by atoms with E-state index in [1.165, 1.54) is 11.3 Å². The standard InChI is InChI=1S/C12H13NO3S/c1-4-5-13(7-11(14)15)12(16)10-6-8(2)17-9(10)3/h1,6H,5,7H2,2-3H3,(H,14,15). The second kappa shape index (κ2) is 5.51. The van der Waals surface area contributed by atoms with Crippen molar-refractivity contribution in [1.29, 1.82) is 0 Å². The molecule has 1 amide bonds. The van der Waals surface area contributed by atoms with Gasteiger partial charge in [-0.05, 0) is 19.9 Å². The van der Waals surface area contributed by atoms with Crippen LogP contribution in [0.5, 0.6) is 0 Å². The van der Waals surface area contributed by atoms with Crippen LogP contribution in [-0.4, -0.2) is 35.0 Å². The van der Waals surface area contributed by atoms with E-state index >= 15 is 0 Å². The number of terminal acetylenes is 1. The Morgan fingerprint density at radius 2 is 2.18 bits per heavy atom. The first kappa shape index (κ1) is 13.3. The Kier molecular flexibility index (Phi) is 4.30. The van der Waals surface area contributed by atoms with Crippen molar-refractivity contribution < 1.29 is 14.7 Å². The normalized spacial score (nSPS) is 9.71. The molecule has 4 nitrogen and oxygen atoms in total. The highest BCUT2D eigenvalue weighted by Gasteiger charge is 2.20. The molecule has 0 aliphatic carbocycles. The molecule has 1 aromatic heterocycles. The summed E-state index contributed by atoms with van der Waals surface area (Å²) in [5.41, 5.74) is 0.531. The van der Waals surface area contributed by atoms with E-state index in [0.29, 0.717) is 5.56 Å². The van der Waals surface area contributed by atoms with E-state index < -0.39 is 5.97 Å². The predicted molar refractivity (Wildman–Crippen MR) is 66.2 cm³/mol. The zero-order valence-corrected chi connectivity index (χ0v) is 10.5. The van der Waals surface area contributed by atoms with E-state index in [1.54, 1.807) is 6.07 Å². The van der Waals surface area contributed by atoms with Gasteiger partial charge in [0.05, 0.1) is 12.1 Å². The number of carboxylic acids is 1. The molecule has 0 atom stereocenters. The molecule has 17 heavy (non-hydrogen) atoms. The highest BCUT2D eigenvalue weighted by atomic mass is 32.1. The van der Waals surface area contributed by atoms with E-state index in [1.807, 2.05) is 13.8 Å². The van der Waals surface area contributed by atoms with E-state index in [9.17, 15) is 9.59 Å². The Labute approximate surface area is 104 Å². The maximum Gasteiger partial charge on any atom is 0.323 e. The molecule has 5 heteroatoms. The van der Waals surface area contributed by atoms with Gasteiger partial charge in [-0.25, -0.2) is 0 Å². The summed E-state index contributed by atoms with van der Waals surface area (Å²) < 4.78 is 0. The summed E-state index contributed by atoms with van der Waals surface area (Å²) in [5, 5.41) is 8.72. The van der Waals surface area contributed by atoms with Gasteiger partial charge in [0.2, 0.25) is 0 Å². The van der Waals surface area contributed by atoms with Crippen LogP contribution in [0.4, 0.5) is 0 Å². The number of aliphatic carboxylic acids is 1. The fourth-order valence-corrected chi connectivity index (χ4v) is 2.40. The number of amides is 1. The summed E-state index contributed by atoms with van der Waals surface area (Å²) in [6.45, 7) is 3.35. The van der Waals surface area contributed by atoms with Gasteiger partial charge in [-0.15, -0.1) is 17.8 Å². The Hall–Kier alpha value is -1.80. The molecule has 0 saturated carbocycles. The van der Waals surface area contributed by atoms with Gasteiger partial charge in [-0.2, -0.15) is 0 Å². The summed E-state index contributed by atoms with van der Waals surface area (Å²) in [7, 11) is 0. The number of nitrogens with zero attached hydrogens (tertiary/aromatic N) is 1. The predicted octanol–water partition coefficient (Wildman–Crippen LogP) is 1.52. The molecule has 1 aromatic rings. The lowest BCUT2D eigenvalue weighted by Gasteiger charge is -2.17. The first-order chi connectivity index (χ1) is 7.95. The van der Waals surface area contributed by atoms with Crippen LogP contribution in [0.15, 0.2) is 6.07 Å². The second-order valence-corrected chi connectivity index (χ2v) is 5.05.